The Morgan fingerprint density at radius 3 is 2.46 bits per heavy atom. The lowest BCUT2D eigenvalue weighted by Crippen LogP contribution is -2.05. The van der Waals surface area contributed by atoms with E-state index in [9.17, 15) is 13.2 Å². The molecule has 0 atom stereocenters. The number of hydrogen-bond acceptors (Lipinski definition) is 3. The number of aromatic amines is 1. The molecular weight excluding hydrogens is 317 g/mol. The van der Waals surface area contributed by atoms with Gasteiger partial charge in [-0.2, -0.15) is 13.2 Å². The molecule has 0 amide bonds. The fourth-order valence-corrected chi connectivity index (χ4v) is 2.53. The fraction of sp³-hybridized carbons (Fsp3) is 0.176. The maximum Gasteiger partial charge on any atom is 0.416 e. The first-order chi connectivity index (χ1) is 11.4. The van der Waals surface area contributed by atoms with Gasteiger partial charge in [-0.05, 0) is 36.2 Å². The summed E-state index contributed by atoms with van der Waals surface area (Å²) >= 11 is 0. The Labute approximate surface area is 136 Å². The molecule has 24 heavy (non-hydrogen) atoms. The highest BCUT2D eigenvalue weighted by Gasteiger charge is 2.31. The van der Waals surface area contributed by atoms with Crippen LogP contribution < -0.4 is 5.73 Å². The Bertz CT molecular complexity index is 868. The average Bonchev–Trinajstić information content (AvgIpc) is 3.03. The Balaban J connectivity index is 2.06. The minimum atomic E-state index is -4.38. The Morgan fingerprint density at radius 2 is 1.79 bits per heavy atom. The second-order valence-corrected chi connectivity index (χ2v) is 5.34. The highest BCUT2D eigenvalue weighted by molar-refractivity contribution is 5.70. The number of alkyl halides is 3. The predicted octanol–water partition coefficient (Wildman–Crippen LogP) is 4.30. The molecule has 0 spiro atoms. The van der Waals surface area contributed by atoms with E-state index in [0.29, 0.717) is 34.9 Å². The summed E-state index contributed by atoms with van der Waals surface area (Å²) in [7, 11) is 0. The van der Waals surface area contributed by atoms with Gasteiger partial charge in [0.05, 0.1) is 17.0 Å². The number of nitrogens with one attached hydrogen (secondary N) is 1. The van der Waals surface area contributed by atoms with Gasteiger partial charge in [0.2, 0.25) is 0 Å². The zero-order valence-electron chi connectivity index (χ0n) is 12.9. The Kier molecular flexibility index (Phi) is 4.01. The van der Waals surface area contributed by atoms with Gasteiger partial charge in [0.1, 0.15) is 12.1 Å². The van der Waals surface area contributed by atoms with Crippen molar-refractivity contribution in [1.82, 2.24) is 15.0 Å². The molecule has 0 aliphatic rings. The summed E-state index contributed by atoms with van der Waals surface area (Å²) < 4.78 is 39.0. The van der Waals surface area contributed by atoms with Crippen molar-refractivity contribution in [2.45, 2.75) is 19.5 Å². The summed E-state index contributed by atoms with van der Waals surface area (Å²) in [5, 5.41) is 0. The zero-order chi connectivity index (χ0) is 17.3. The van der Waals surface area contributed by atoms with Crippen molar-refractivity contribution in [3.05, 3.63) is 53.9 Å². The van der Waals surface area contributed by atoms with E-state index < -0.39 is 11.7 Å². The molecule has 0 saturated carbocycles. The average molecular weight is 332 g/mol. The summed E-state index contributed by atoms with van der Waals surface area (Å²) in [6.45, 7) is 1.90. The summed E-state index contributed by atoms with van der Waals surface area (Å²) in [6.07, 6.45) is -2.41. The third kappa shape index (κ3) is 3.10. The number of nitrogens with zero attached hydrogens (tertiary/aromatic N) is 2. The first-order valence-electron chi connectivity index (χ1n) is 7.36. The number of aromatic nitrogens is 3. The highest BCUT2D eigenvalue weighted by atomic mass is 19.4. The van der Waals surface area contributed by atoms with Gasteiger partial charge >= 0.3 is 6.18 Å². The number of aryl methyl sites for hydroxylation is 1. The normalized spacial score (nSPS) is 11.7. The van der Waals surface area contributed by atoms with E-state index in [1.165, 1.54) is 18.5 Å². The molecule has 3 aromatic rings. The zero-order valence-corrected chi connectivity index (χ0v) is 12.9. The second-order valence-electron chi connectivity index (χ2n) is 5.34. The maximum atomic E-state index is 13.0. The van der Waals surface area contributed by atoms with Crippen LogP contribution in [0.2, 0.25) is 0 Å². The number of hydrogen-bond donors (Lipinski definition) is 2. The van der Waals surface area contributed by atoms with Crippen LogP contribution in [0, 0.1) is 0 Å². The summed E-state index contributed by atoms with van der Waals surface area (Å²) in [4.78, 5) is 11.1. The maximum absolute atomic E-state index is 13.0. The molecule has 0 aliphatic carbocycles. The molecule has 124 valence electrons. The molecule has 1 aromatic carbocycles. The van der Waals surface area contributed by atoms with Crippen molar-refractivity contribution in [2.75, 3.05) is 5.73 Å². The SMILES string of the molecule is CCc1ccc(C(F)(F)F)cc1-c1ccc(-c2cc(N)ncn2)[nH]1. The molecule has 0 fully saturated rings. The largest absolute Gasteiger partial charge is 0.416 e. The number of halogens is 3. The van der Waals surface area contributed by atoms with Crippen LogP contribution >= 0.6 is 0 Å². The van der Waals surface area contributed by atoms with Gasteiger partial charge in [0.15, 0.2) is 0 Å². The molecule has 0 unspecified atom stereocenters. The Morgan fingerprint density at radius 1 is 1.04 bits per heavy atom. The number of benzene rings is 1. The van der Waals surface area contributed by atoms with Gasteiger partial charge in [0.25, 0.3) is 0 Å². The van der Waals surface area contributed by atoms with E-state index in [-0.39, 0.29) is 0 Å². The molecule has 4 nitrogen and oxygen atoms in total. The molecule has 0 saturated heterocycles. The van der Waals surface area contributed by atoms with Crippen LogP contribution in [0.25, 0.3) is 22.6 Å². The molecule has 0 aliphatic heterocycles. The first kappa shape index (κ1) is 16.0. The Hall–Kier alpha value is -2.83. The lowest BCUT2D eigenvalue weighted by Gasteiger charge is -2.12. The summed E-state index contributed by atoms with van der Waals surface area (Å²) in [6, 6.07) is 8.89. The summed E-state index contributed by atoms with van der Waals surface area (Å²) in [5.74, 6) is 0.324. The van der Waals surface area contributed by atoms with Crippen LogP contribution in [0.5, 0.6) is 0 Å². The van der Waals surface area contributed by atoms with Crippen LogP contribution in [0.3, 0.4) is 0 Å². The standard InChI is InChI=1S/C17H15F3N4/c1-2-10-3-4-11(17(18,19)20)7-12(10)13-5-6-14(24-13)15-8-16(21)23-9-22-15/h3-9,24H,2H2,1H3,(H2,21,22,23). The molecule has 3 N–H and O–H groups in total. The van der Waals surface area contributed by atoms with Crippen molar-refractivity contribution in [3.8, 4) is 22.6 Å². The molecular formula is C17H15F3N4. The number of anilines is 1. The lowest BCUT2D eigenvalue weighted by molar-refractivity contribution is -0.137. The van der Waals surface area contributed by atoms with Crippen LogP contribution in [0.1, 0.15) is 18.1 Å². The fourth-order valence-electron chi connectivity index (χ4n) is 2.53. The number of H-pyrrole nitrogens is 1. The smallest absolute Gasteiger partial charge is 0.384 e. The molecule has 0 radical (unpaired) electrons. The van der Waals surface area contributed by atoms with Crippen molar-refractivity contribution < 1.29 is 13.2 Å². The topological polar surface area (TPSA) is 67.6 Å². The van der Waals surface area contributed by atoms with Gasteiger partial charge in [0, 0.05) is 17.3 Å². The van der Waals surface area contributed by atoms with Crippen molar-refractivity contribution in [2.24, 2.45) is 0 Å². The van der Waals surface area contributed by atoms with Gasteiger partial charge in [-0.15, -0.1) is 0 Å². The highest BCUT2D eigenvalue weighted by Crippen LogP contribution is 2.34. The van der Waals surface area contributed by atoms with Crippen LogP contribution in [-0.4, -0.2) is 15.0 Å². The van der Waals surface area contributed by atoms with Crippen LogP contribution in [0.15, 0.2) is 42.7 Å². The van der Waals surface area contributed by atoms with E-state index in [2.05, 4.69) is 15.0 Å². The third-order valence-electron chi connectivity index (χ3n) is 3.76. The number of nitrogen functional groups attached to an aromatic ring is 1. The molecule has 2 heterocycles. The van der Waals surface area contributed by atoms with Gasteiger partial charge in [-0.3, -0.25) is 0 Å². The molecule has 0 bridgehead atoms. The van der Waals surface area contributed by atoms with Gasteiger partial charge < -0.3 is 10.7 Å². The third-order valence-corrected chi connectivity index (χ3v) is 3.76. The first-order valence-corrected chi connectivity index (χ1v) is 7.36. The van der Waals surface area contributed by atoms with Crippen molar-refractivity contribution in [1.29, 1.82) is 0 Å². The predicted molar refractivity (Wildman–Crippen MR) is 86.0 cm³/mol. The quantitative estimate of drug-likeness (QED) is 0.751. The van der Waals surface area contributed by atoms with Gasteiger partial charge in [-0.25, -0.2) is 9.97 Å². The monoisotopic (exact) mass is 332 g/mol. The van der Waals surface area contributed by atoms with Crippen molar-refractivity contribution >= 4 is 5.82 Å². The molecule has 3 rings (SSSR count). The van der Waals surface area contributed by atoms with E-state index in [1.54, 1.807) is 18.2 Å². The molecule has 7 heteroatoms. The minimum Gasteiger partial charge on any atom is -0.384 e. The van der Waals surface area contributed by atoms with Crippen LogP contribution in [0.4, 0.5) is 19.0 Å². The van der Waals surface area contributed by atoms with E-state index in [0.717, 1.165) is 11.6 Å². The second kappa shape index (κ2) is 5.99. The van der Waals surface area contributed by atoms with E-state index in [4.69, 9.17) is 5.73 Å². The van der Waals surface area contributed by atoms with Crippen molar-refractivity contribution in [3.63, 3.8) is 0 Å². The van der Waals surface area contributed by atoms with Crippen LogP contribution in [-0.2, 0) is 12.6 Å². The minimum absolute atomic E-state index is 0.324. The van der Waals surface area contributed by atoms with Gasteiger partial charge in [-0.1, -0.05) is 13.0 Å². The number of rotatable bonds is 3. The van der Waals surface area contributed by atoms with E-state index in [1.807, 2.05) is 6.92 Å². The lowest BCUT2D eigenvalue weighted by atomic mass is 9.99. The molecule has 2 aromatic heterocycles. The van der Waals surface area contributed by atoms with E-state index >= 15 is 0 Å². The summed E-state index contributed by atoms with van der Waals surface area (Å²) in [5.41, 5.74) is 8.18. The number of nitrogens with two attached hydrogens (primary N) is 1.